The number of rotatable bonds is 7. The highest BCUT2D eigenvalue weighted by Gasteiger charge is 2.24. The van der Waals surface area contributed by atoms with Gasteiger partial charge >= 0.3 is 5.97 Å². The lowest BCUT2D eigenvalue weighted by Gasteiger charge is -2.16. The molecule has 30 heavy (non-hydrogen) atoms. The molecule has 3 aromatic carbocycles. The molecule has 0 spiro atoms. The van der Waals surface area contributed by atoms with Gasteiger partial charge in [-0.1, -0.05) is 65.8 Å². The second-order valence-electron chi connectivity index (χ2n) is 6.77. The first-order valence-electron chi connectivity index (χ1n) is 9.61. The van der Waals surface area contributed by atoms with Crippen LogP contribution in [0.25, 0.3) is 11.3 Å². The Kier molecular flexibility index (Phi) is 5.90. The maximum Gasteiger partial charge on any atom is 0.318 e. The van der Waals surface area contributed by atoms with Gasteiger partial charge in [-0.15, -0.1) is 0 Å². The Labute approximate surface area is 174 Å². The van der Waals surface area contributed by atoms with Gasteiger partial charge in [0.1, 0.15) is 24.0 Å². The molecule has 1 aromatic heterocycles. The summed E-state index contributed by atoms with van der Waals surface area (Å²) in [6.07, 6.45) is 0. The van der Waals surface area contributed by atoms with Crippen LogP contribution >= 0.6 is 0 Å². The van der Waals surface area contributed by atoms with Crippen molar-refractivity contribution in [1.82, 2.24) is 5.16 Å². The van der Waals surface area contributed by atoms with E-state index >= 15 is 0 Å². The number of hydrogen-bond donors (Lipinski definition) is 0. The van der Waals surface area contributed by atoms with Crippen LogP contribution in [0.3, 0.4) is 0 Å². The molecule has 0 saturated heterocycles. The molecule has 0 atom stereocenters. The lowest BCUT2D eigenvalue weighted by molar-refractivity contribution is -0.145. The Bertz CT molecular complexity index is 1050. The van der Waals surface area contributed by atoms with Crippen LogP contribution < -0.4 is 4.74 Å². The summed E-state index contributed by atoms with van der Waals surface area (Å²) in [5, 5.41) is 4.03. The van der Waals surface area contributed by atoms with Gasteiger partial charge in [-0.2, -0.15) is 0 Å². The van der Waals surface area contributed by atoms with Crippen LogP contribution in [-0.4, -0.2) is 18.2 Å². The molecule has 5 nitrogen and oxygen atoms in total. The number of nitrogens with zero attached hydrogens (tertiary/aromatic N) is 1. The Hall–Kier alpha value is -3.86. The van der Waals surface area contributed by atoms with Crippen LogP contribution in [0, 0.1) is 0 Å². The fourth-order valence-corrected chi connectivity index (χ4v) is 3.26. The first-order valence-corrected chi connectivity index (χ1v) is 9.61. The predicted octanol–water partition coefficient (Wildman–Crippen LogP) is 5.23. The molecule has 150 valence electrons. The quantitative estimate of drug-likeness (QED) is 0.399. The third kappa shape index (κ3) is 4.41. The van der Waals surface area contributed by atoms with Gasteiger partial charge in [0.2, 0.25) is 0 Å². The summed E-state index contributed by atoms with van der Waals surface area (Å²) in [7, 11) is 1.62. The predicted molar refractivity (Wildman–Crippen MR) is 113 cm³/mol. The highest BCUT2D eigenvalue weighted by Crippen LogP contribution is 2.27. The molecule has 0 aliphatic heterocycles. The average molecular weight is 399 g/mol. The summed E-state index contributed by atoms with van der Waals surface area (Å²) in [6.45, 7) is 0.0364. The molecule has 0 fully saturated rings. The number of aromatic nitrogens is 1. The summed E-state index contributed by atoms with van der Waals surface area (Å²) in [5.74, 6) is 0.536. The summed E-state index contributed by atoms with van der Waals surface area (Å²) < 4.78 is 16.2. The number of benzene rings is 3. The number of ether oxygens (including phenoxy) is 2. The van der Waals surface area contributed by atoms with E-state index in [1.165, 1.54) is 0 Å². The van der Waals surface area contributed by atoms with E-state index in [1.807, 2.05) is 84.9 Å². The van der Waals surface area contributed by atoms with Crippen molar-refractivity contribution in [2.75, 3.05) is 7.11 Å². The van der Waals surface area contributed by atoms with Gasteiger partial charge in [-0.25, -0.2) is 0 Å². The monoisotopic (exact) mass is 399 g/mol. The Morgan fingerprint density at radius 1 is 0.900 bits per heavy atom. The minimum atomic E-state index is -0.500. The zero-order chi connectivity index (χ0) is 20.8. The van der Waals surface area contributed by atoms with Crippen molar-refractivity contribution in [3.8, 4) is 17.1 Å². The summed E-state index contributed by atoms with van der Waals surface area (Å²) >= 11 is 0. The maximum atomic E-state index is 13.0. The van der Waals surface area contributed by atoms with E-state index in [9.17, 15) is 4.79 Å². The third-order valence-corrected chi connectivity index (χ3v) is 4.80. The number of methoxy groups -OCH3 is 1. The van der Waals surface area contributed by atoms with Gasteiger partial charge in [-0.3, -0.25) is 4.79 Å². The molecule has 4 aromatic rings. The molecule has 0 N–H and O–H groups in total. The van der Waals surface area contributed by atoms with Gasteiger partial charge in [-0.05, 0) is 35.4 Å². The molecule has 0 bridgehead atoms. The van der Waals surface area contributed by atoms with E-state index in [0.717, 1.165) is 22.4 Å². The van der Waals surface area contributed by atoms with Gasteiger partial charge < -0.3 is 14.0 Å². The van der Waals surface area contributed by atoms with Crippen molar-refractivity contribution in [1.29, 1.82) is 0 Å². The molecule has 0 aliphatic rings. The largest absolute Gasteiger partial charge is 0.497 e. The average Bonchev–Trinajstić information content (AvgIpc) is 3.28. The third-order valence-electron chi connectivity index (χ3n) is 4.80. The number of esters is 1. The van der Waals surface area contributed by atoms with Crippen molar-refractivity contribution in [2.45, 2.75) is 12.5 Å². The minimum absolute atomic E-state index is 0.0364. The van der Waals surface area contributed by atoms with Gasteiger partial charge in [0, 0.05) is 11.6 Å². The zero-order valence-corrected chi connectivity index (χ0v) is 16.5. The lowest BCUT2D eigenvalue weighted by Crippen LogP contribution is -2.17. The van der Waals surface area contributed by atoms with E-state index in [1.54, 1.807) is 13.2 Å². The van der Waals surface area contributed by atoms with E-state index < -0.39 is 5.92 Å². The standard InChI is InChI=1S/C25H21NO4/c1-28-22-14-12-18(13-15-22)23-16-21(26-30-23)17-29-25(27)24(19-8-4-2-5-9-19)20-10-6-3-7-11-20/h2-16,24H,17H2,1H3. The number of hydrogen-bond acceptors (Lipinski definition) is 5. The van der Waals surface area contributed by atoms with Crippen LogP contribution in [0.15, 0.2) is 95.5 Å². The maximum absolute atomic E-state index is 13.0. The van der Waals surface area contributed by atoms with Crippen molar-refractivity contribution < 1.29 is 18.8 Å². The number of carbonyl (C=O) groups is 1. The molecular formula is C25H21NO4. The fourth-order valence-electron chi connectivity index (χ4n) is 3.26. The second kappa shape index (κ2) is 9.09. The molecule has 0 unspecified atom stereocenters. The van der Waals surface area contributed by atoms with Crippen molar-refractivity contribution in [3.63, 3.8) is 0 Å². The molecular weight excluding hydrogens is 378 g/mol. The molecule has 0 saturated carbocycles. The van der Waals surface area contributed by atoms with E-state index in [4.69, 9.17) is 14.0 Å². The minimum Gasteiger partial charge on any atom is -0.497 e. The van der Waals surface area contributed by atoms with Crippen molar-refractivity contribution in [2.24, 2.45) is 0 Å². The topological polar surface area (TPSA) is 61.6 Å². The molecule has 4 rings (SSSR count). The fraction of sp³-hybridized carbons (Fsp3) is 0.120. The normalized spacial score (nSPS) is 10.7. The van der Waals surface area contributed by atoms with Crippen LogP contribution in [0.1, 0.15) is 22.7 Å². The van der Waals surface area contributed by atoms with Crippen molar-refractivity contribution >= 4 is 5.97 Å². The Morgan fingerprint density at radius 3 is 2.07 bits per heavy atom. The van der Waals surface area contributed by atoms with Crippen LogP contribution in [0.4, 0.5) is 0 Å². The molecule has 1 heterocycles. The molecule has 5 heteroatoms. The highest BCUT2D eigenvalue weighted by atomic mass is 16.5. The van der Waals surface area contributed by atoms with Crippen molar-refractivity contribution in [3.05, 3.63) is 108 Å². The van der Waals surface area contributed by atoms with Gasteiger partial charge in [0.25, 0.3) is 0 Å². The van der Waals surface area contributed by atoms with Crippen LogP contribution in [-0.2, 0) is 16.1 Å². The summed E-state index contributed by atoms with van der Waals surface area (Å²) in [4.78, 5) is 13.0. The molecule has 0 amide bonds. The Morgan fingerprint density at radius 2 is 1.50 bits per heavy atom. The van der Waals surface area contributed by atoms with E-state index in [-0.39, 0.29) is 12.6 Å². The summed E-state index contributed by atoms with van der Waals surface area (Å²) in [6, 6.07) is 28.5. The van der Waals surface area contributed by atoms with E-state index in [2.05, 4.69) is 5.16 Å². The molecule has 0 aliphatic carbocycles. The SMILES string of the molecule is COc1ccc(-c2cc(COC(=O)C(c3ccccc3)c3ccccc3)no2)cc1. The highest BCUT2D eigenvalue weighted by molar-refractivity contribution is 5.82. The van der Waals surface area contributed by atoms with Crippen LogP contribution in [0.2, 0.25) is 0 Å². The Balaban J connectivity index is 1.48. The van der Waals surface area contributed by atoms with E-state index in [0.29, 0.717) is 11.5 Å². The van der Waals surface area contributed by atoms with Crippen LogP contribution in [0.5, 0.6) is 5.75 Å². The molecule has 0 radical (unpaired) electrons. The first kappa shape index (κ1) is 19.5. The summed E-state index contributed by atoms with van der Waals surface area (Å²) in [5.41, 5.74) is 3.18. The first-order chi connectivity index (χ1) is 14.7. The van der Waals surface area contributed by atoms with Gasteiger partial charge in [0.05, 0.1) is 7.11 Å². The smallest absolute Gasteiger partial charge is 0.318 e. The van der Waals surface area contributed by atoms with Gasteiger partial charge in [0.15, 0.2) is 5.76 Å². The second-order valence-corrected chi connectivity index (χ2v) is 6.77. The zero-order valence-electron chi connectivity index (χ0n) is 16.5. The number of carbonyl (C=O) groups excluding carboxylic acids is 1. The lowest BCUT2D eigenvalue weighted by atomic mass is 9.91.